The largest absolute Gasteiger partial charge is 0.356 e. The molecule has 0 heterocycles. The van der Waals surface area contributed by atoms with Crippen LogP contribution in [0, 0.1) is 17.8 Å². The van der Waals surface area contributed by atoms with E-state index < -0.39 is 0 Å². The zero-order valence-electron chi connectivity index (χ0n) is 6.97. The molecule has 2 aliphatic rings. The normalized spacial score (nSPS) is 35.0. The van der Waals surface area contributed by atoms with Crippen molar-refractivity contribution in [3.8, 4) is 0 Å². The van der Waals surface area contributed by atoms with Gasteiger partial charge in [-0.3, -0.25) is 4.79 Å². The lowest BCUT2D eigenvalue weighted by molar-refractivity contribution is -0.122. The van der Waals surface area contributed by atoms with E-state index >= 15 is 0 Å². The summed E-state index contributed by atoms with van der Waals surface area (Å²) in [4.78, 5) is 11.2. The van der Waals surface area contributed by atoms with Crippen LogP contribution in [0.3, 0.4) is 0 Å². The van der Waals surface area contributed by atoms with Crippen molar-refractivity contribution in [1.82, 2.24) is 5.32 Å². The molecule has 2 atom stereocenters. The monoisotopic (exact) mass is 153 g/mol. The van der Waals surface area contributed by atoms with Crippen LogP contribution >= 0.6 is 0 Å². The summed E-state index contributed by atoms with van der Waals surface area (Å²) in [7, 11) is 0. The fourth-order valence-corrected chi connectivity index (χ4v) is 1.87. The average Bonchev–Trinajstić information content (AvgIpc) is 2.83. The Morgan fingerprint density at radius 2 is 2.27 bits per heavy atom. The Labute approximate surface area is 67.4 Å². The molecule has 0 aliphatic heterocycles. The second-order valence-electron chi connectivity index (χ2n) is 3.74. The molecule has 0 aromatic heterocycles. The van der Waals surface area contributed by atoms with Crippen molar-refractivity contribution >= 4 is 5.91 Å². The Kier molecular flexibility index (Phi) is 1.63. The molecule has 1 N–H and O–H groups in total. The van der Waals surface area contributed by atoms with Gasteiger partial charge in [0.2, 0.25) is 5.91 Å². The van der Waals surface area contributed by atoms with Crippen molar-refractivity contribution in [3.05, 3.63) is 0 Å². The molecular formula is C9H15NO. The maximum absolute atomic E-state index is 11.2. The minimum atomic E-state index is 0.296. The summed E-state index contributed by atoms with van der Waals surface area (Å²) in [5, 5.41) is 2.88. The Balaban J connectivity index is 1.76. The van der Waals surface area contributed by atoms with Crippen molar-refractivity contribution < 1.29 is 4.79 Å². The lowest BCUT2D eigenvalue weighted by atomic mass is 10.2. The minimum absolute atomic E-state index is 0.296. The van der Waals surface area contributed by atoms with Crippen molar-refractivity contribution in [3.63, 3.8) is 0 Å². The molecule has 2 rings (SSSR count). The minimum Gasteiger partial charge on any atom is -0.356 e. The average molecular weight is 153 g/mol. The number of carbonyl (C=O) groups excluding carboxylic acids is 1. The fraction of sp³-hybridized carbons (Fsp3) is 0.889. The molecule has 2 fully saturated rings. The maximum Gasteiger partial charge on any atom is 0.223 e. The molecule has 2 unspecified atom stereocenters. The Bertz CT molecular complexity index is 174. The van der Waals surface area contributed by atoms with E-state index in [1.54, 1.807) is 0 Å². The van der Waals surface area contributed by atoms with Crippen LogP contribution in [0.15, 0.2) is 0 Å². The van der Waals surface area contributed by atoms with Gasteiger partial charge in [0, 0.05) is 12.5 Å². The van der Waals surface area contributed by atoms with Crippen LogP contribution in [-0.4, -0.2) is 12.5 Å². The summed E-state index contributed by atoms with van der Waals surface area (Å²) in [5.41, 5.74) is 0. The van der Waals surface area contributed by atoms with Crippen LogP contribution < -0.4 is 5.32 Å². The van der Waals surface area contributed by atoms with E-state index in [9.17, 15) is 4.79 Å². The first-order chi connectivity index (χ1) is 5.33. The Hall–Kier alpha value is -0.530. The number of hydrogen-bond acceptors (Lipinski definition) is 1. The molecule has 0 aromatic rings. The van der Waals surface area contributed by atoms with Crippen LogP contribution in [0.5, 0.6) is 0 Å². The molecule has 2 aliphatic carbocycles. The highest BCUT2D eigenvalue weighted by atomic mass is 16.2. The van der Waals surface area contributed by atoms with Crippen molar-refractivity contribution in [2.24, 2.45) is 17.8 Å². The first-order valence-electron chi connectivity index (χ1n) is 4.60. The van der Waals surface area contributed by atoms with Crippen LogP contribution in [0.4, 0.5) is 0 Å². The van der Waals surface area contributed by atoms with Gasteiger partial charge in [-0.1, -0.05) is 0 Å². The predicted molar refractivity (Wildman–Crippen MR) is 43.0 cm³/mol. The molecule has 2 saturated carbocycles. The van der Waals surface area contributed by atoms with Gasteiger partial charge in [-0.05, 0) is 38.0 Å². The molecule has 0 spiro atoms. The third-order valence-electron chi connectivity index (χ3n) is 2.76. The lowest BCUT2D eigenvalue weighted by Gasteiger charge is -1.98. The van der Waals surface area contributed by atoms with Gasteiger partial charge in [-0.25, -0.2) is 0 Å². The van der Waals surface area contributed by atoms with Gasteiger partial charge in [0.05, 0.1) is 0 Å². The van der Waals surface area contributed by atoms with Crippen LogP contribution in [-0.2, 0) is 4.79 Å². The quantitative estimate of drug-likeness (QED) is 0.648. The molecular weight excluding hydrogens is 138 g/mol. The molecule has 11 heavy (non-hydrogen) atoms. The van der Waals surface area contributed by atoms with E-state index in [0.29, 0.717) is 11.8 Å². The second-order valence-corrected chi connectivity index (χ2v) is 3.74. The van der Waals surface area contributed by atoms with E-state index in [-0.39, 0.29) is 0 Å². The number of carbonyl (C=O) groups is 1. The zero-order chi connectivity index (χ0) is 7.84. The SMILES string of the molecule is CCNC(=O)C1CC1C1CC1. The highest BCUT2D eigenvalue weighted by Gasteiger charge is 2.50. The summed E-state index contributed by atoms with van der Waals surface area (Å²) >= 11 is 0. The van der Waals surface area contributed by atoms with Crippen LogP contribution in [0.1, 0.15) is 26.2 Å². The lowest BCUT2D eigenvalue weighted by Crippen LogP contribution is -2.25. The third-order valence-corrected chi connectivity index (χ3v) is 2.76. The van der Waals surface area contributed by atoms with Gasteiger partial charge in [-0.2, -0.15) is 0 Å². The van der Waals surface area contributed by atoms with Gasteiger partial charge >= 0.3 is 0 Å². The van der Waals surface area contributed by atoms with Crippen molar-refractivity contribution in [1.29, 1.82) is 0 Å². The van der Waals surface area contributed by atoms with E-state index in [2.05, 4.69) is 5.32 Å². The van der Waals surface area contributed by atoms with Gasteiger partial charge < -0.3 is 5.32 Å². The van der Waals surface area contributed by atoms with E-state index in [1.165, 1.54) is 12.8 Å². The number of amides is 1. The molecule has 2 nitrogen and oxygen atoms in total. The standard InChI is InChI=1S/C9H15NO/c1-2-10-9(11)8-5-7(8)6-3-4-6/h6-8H,2-5H2,1H3,(H,10,11). The molecule has 0 saturated heterocycles. The summed E-state index contributed by atoms with van der Waals surface area (Å²) in [5.74, 6) is 2.37. The molecule has 0 bridgehead atoms. The highest BCUT2D eigenvalue weighted by Crippen LogP contribution is 2.54. The Morgan fingerprint density at radius 1 is 1.55 bits per heavy atom. The Morgan fingerprint density at radius 3 is 2.82 bits per heavy atom. The first kappa shape index (κ1) is 7.14. The number of hydrogen-bond donors (Lipinski definition) is 1. The molecule has 62 valence electrons. The van der Waals surface area contributed by atoms with Gasteiger partial charge in [-0.15, -0.1) is 0 Å². The van der Waals surface area contributed by atoms with Gasteiger partial charge in [0.1, 0.15) is 0 Å². The zero-order valence-corrected chi connectivity index (χ0v) is 6.97. The highest BCUT2D eigenvalue weighted by molar-refractivity contribution is 5.81. The molecule has 0 radical (unpaired) electrons. The van der Waals surface area contributed by atoms with Crippen LogP contribution in [0.25, 0.3) is 0 Å². The van der Waals surface area contributed by atoms with E-state index in [1.807, 2.05) is 6.92 Å². The van der Waals surface area contributed by atoms with Gasteiger partial charge in [0.15, 0.2) is 0 Å². The molecule has 1 amide bonds. The van der Waals surface area contributed by atoms with E-state index in [4.69, 9.17) is 0 Å². The first-order valence-corrected chi connectivity index (χ1v) is 4.60. The topological polar surface area (TPSA) is 29.1 Å². The molecule has 0 aromatic carbocycles. The third kappa shape index (κ3) is 1.39. The second kappa shape index (κ2) is 2.50. The maximum atomic E-state index is 11.2. The van der Waals surface area contributed by atoms with E-state index in [0.717, 1.165) is 24.8 Å². The molecule has 2 heteroatoms. The fourth-order valence-electron chi connectivity index (χ4n) is 1.87. The van der Waals surface area contributed by atoms with Gasteiger partial charge in [0.25, 0.3) is 0 Å². The van der Waals surface area contributed by atoms with Crippen LogP contribution in [0.2, 0.25) is 0 Å². The number of nitrogens with one attached hydrogen (secondary N) is 1. The smallest absolute Gasteiger partial charge is 0.223 e. The van der Waals surface area contributed by atoms with Crippen molar-refractivity contribution in [2.75, 3.05) is 6.54 Å². The summed E-state index contributed by atoms with van der Waals surface area (Å²) in [6.07, 6.45) is 3.91. The number of rotatable bonds is 3. The summed E-state index contributed by atoms with van der Waals surface area (Å²) in [6.45, 7) is 2.76. The predicted octanol–water partition coefficient (Wildman–Crippen LogP) is 1.17. The summed E-state index contributed by atoms with van der Waals surface area (Å²) in [6, 6.07) is 0. The van der Waals surface area contributed by atoms with Crippen molar-refractivity contribution in [2.45, 2.75) is 26.2 Å². The summed E-state index contributed by atoms with van der Waals surface area (Å²) < 4.78 is 0.